The molecule has 1 heterocycles. The summed E-state index contributed by atoms with van der Waals surface area (Å²) in [5, 5.41) is 5.96. The summed E-state index contributed by atoms with van der Waals surface area (Å²) in [6.45, 7) is 3.51. The van der Waals surface area contributed by atoms with E-state index in [1.807, 2.05) is 11.0 Å². The van der Waals surface area contributed by atoms with Crippen molar-refractivity contribution in [2.45, 2.75) is 76.8 Å². The number of amides is 3. The van der Waals surface area contributed by atoms with Crippen LogP contribution in [0.25, 0.3) is 0 Å². The van der Waals surface area contributed by atoms with Crippen LogP contribution in [0.15, 0.2) is 24.3 Å². The first kappa shape index (κ1) is 19.7. The van der Waals surface area contributed by atoms with E-state index in [1.165, 1.54) is 30.4 Å². The van der Waals surface area contributed by atoms with E-state index < -0.39 is 0 Å². The summed E-state index contributed by atoms with van der Waals surface area (Å²) in [5.74, 6) is 0.204. The highest BCUT2D eigenvalue weighted by atomic mass is 16.2. The fourth-order valence-corrected chi connectivity index (χ4v) is 4.42. The molecule has 2 N–H and O–H groups in total. The highest BCUT2D eigenvalue weighted by Gasteiger charge is 2.30. The number of aryl methyl sites for hydroxylation is 1. The number of carbonyl (C=O) groups excluding carboxylic acids is 2. The number of nitrogens with one attached hydrogen (secondary N) is 2. The molecule has 2 aliphatic rings. The van der Waals surface area contributed by atoms with Gasteiger partial charge in [0, 0.05) is 25.6 Å². The maximum Gasteiger partial charge on any atom is 0.315 e. The Bertz CT molecular complexity index is 640. The number of rotatable bonds is 6. The molecule has 1 aromatic rings. The molecule has 148 valence electrons. The normalized spacial score (nSPS) is 20.5. The second-order valence-corrected chi connectivity index (χ2v) is 7.94. The zero-order valence-corrected chi connectivity index (χ0v) is 16.5. The van der Waals surface area contributed by atoms with Gasteiger partial charge in [0.15, 0.2) is 0 Å². The van der Waals surface area contributed by atoms with Gasteiger partial charge in [-0.2, -0.15) is 0 Å². The summed E-state index contributed by atoms with van der Waals surface area (Å²) in [6.07, 6.45) is 9.14. The number of benzene rings is 1. The third-order valence-electron chi connectivity index (χ3n) is 5.91. The van der Waals surface area contributed by atoms with Gasteiger partial charge in [-0.1, -0.05) is 43.5 Å². The Morgan fingerprint density at radius 2 is 1.85 bits per heavy atom. The lowest BCUT2D eigenvalue weighted by atomic mass is 9.96. The predicted octanol–water partition coefficient (Wildman–Crippen LogP) is 4.07. The molecule has 1 aromatic carbocycles. The predicted molar refractivity (Wildman–Crippen MR) is 108 cm³/mol. The summed E-state index contributed by atoms with van der Waals surface area (Å²) in [5.41, 5.74) is 2.52. The van der Waals surface area contributed by atoms with E-state index in [2.05, 4.69) is 35.8 Å². The van der Waals surface area contributed by atoms with E-state index >= 15 is 0 Å². The molecule has 1 saturated carbocycles. The van der Waals surface area contributed by atoms with Crippen molar-refractivity contribution in [2.75, 3.05) is 13.1 Å². The van der Waals surface area contributed by atoms with Crippen LogP contribution in [0, 0.1) is 6.92 Å². The van der Waals surface area contributed by atoms with Crippen LogP contribution < -0.4 is 10.6 Å². The molecule has 0 bridgehead atoms. The van der Waals surface area contributed by atoms with Crippen molar-refractivity contribution in [3.63, 3.8) is 0 Å². The SMILES string of the molecule is Cc1ccccc1[C@H]1CCCN1C(=O)CCCNC(=O)NC1CCCCC1. The fourth-order valence-electron chi connectivity index (χ4n) is 4.42. The number of hydrogen-bond donors (Lipinski definition) is 2. The van der Waals surface area contributed by atoms with Crippen LogP contribution in [0.2, 0.25) is 0 Å². The lowest BCUT2D eigenvalue weighted by molar-refractivity contribution is -0.132. The fraction of sp³-hybridized carbons (Fsp3) is 0.636. The third-order valence-corrected chi connectivity index (χ3v) is 5.91. The number of carbonyl (C=O) groups is 2. The van der Waals surface area contributed by atoms with Gasteiger partial charge < -0.3 is 15.5 Å². The maximum atomic E-state index is 12.7. The first-order valence-corrected chi connectivity index (χ1v) is 10.5. The Morgan fingerprint density at radius 3 is 2.63 bits per heavy atom. The number of hydrogen-bond acceptors (Lipinski definition) is 2. The minimum Gasteiger partial charge on any atom is -0.338 e. The van der Waals surface area contributed by atoms with Crippen molar-refractivity contribution in [2.24, 2.45) is 0 Å². The molecular formula is C22H33N3O2. The van der Waals surface area contributed by atoms with E-state index in [0.29, 0.717) is 25.4 Å². The van der Waals surface area contributed by atoms with Gasteiger partial charge in [0.05, 0.1) is 6.04 Å². The van der Waals surface area contributed by atoms with E-state index in [9.17, 15) is 9.59 Å². The topological polar surface area (TPSA) is 61.4 Å². The summed E-state index contributed by atoms with van der Waals surface area (Å²) in [6, 6.07) is 8.80. The van der Waals surface area contributed by atoms with Crippen LogP contribution in [-0.2, 0) is 4.79 Å². The van der Waals surface area contributed by atoms with Gasteiger partial charge in [-0.05, 0) is 50.2 Å². The molecule has 5 heteroatoms. The van der Waals surface area contributed by atoms with Crippen molar-refractivity contribution in [1.82, 2.24) is 15.5 Å². The molecule has 1 aliphatic carbocycles. The van der Waals surface area contributed by atoms with Crippen LogP contribution in [0.1, 0.15) is 75.0 Å². The largest absolute Gasteiger partial charge is 0.338 e. The summed E-state index contributed by atoms with van der Waals surface area (Å²) in [4.78, 5) is 26.7. The molecule has 3 rings (SSSR count). The van der Waals surface area contributed by atoms with Crippen LogP contribution in [0.3, 0.4) is 0 Å². The molecule has 1 atom stereocenters. The van der Waals surface area contributed by atoms with Gasteiger partial charge in [-0.25, -0.2) is 4.79 Å². The molecule has 27 heavy (non-hydrogen) atoms. The Hall–Kier alpha value is -2.04. The Morgan fingerprint density at radius 1 is 1.07 bits per heavy atom. The molecule has 1 aliphatic heterocycles. The summed E-state index contributed by atoms with van der Waals surface area (Å²) >= 11 is 0. The standard InChI is InChI=1S/C22H33N3O2/c1-17-9-5-6-12-19(17)20-13-8-16-25(20)21(26)14-7-15-23-22(27)24-18-10-3-2-4-11-18/h5-6,9,12,18,20H,2-4,7-8,10-11,13-16H2,1H3,(H2,23,24,27)/t20-/m1/s1. The minimum atomic E-state index is -0.0895. The molecule has 0 spiro atoms. The number of likely N-dealkylation sites (tertiary alicyclic amines) is 1. The van der Waals surface area contributed by atoms with Crippen molar-refractivity contribution in [3.05, 3.63) is 35.4 Å². The monoisotopic (exact) mass is 371 g/mol. The summed E-state index contributed by atoms with van der Waals surface area (Å²) < 4.78 is 0. The van der Waals surface area contributed by atoms with Gasteiger partial charge in [-0.15, -0.1) is 0 Å². The van der Waals surface area contributed by atoms with Crippen LogP contribution in [-0.4, -0.2) is 36.0 Å². The Labute approximate surface area is 162 Å². The molecule has 2 fully saturated rings. The van der Waals surface area contributed by atoms with Crippen molar-refractivity contribution < 1.29 is 9.59 Å². The second-order valence-electron chi connectivity index (χ2n) is 7.94. The van der Waals surface area contributed by atoms with E-state index in [0.717, 1.165) is 32.2 Å². The zero-order valence-electron chi connectivity index (χ0n) is 16.5. The molecule has 0 aromatic heterocycles. The third kappa shape index (κ3) is 5.47. The average molecular weight is 372 g/mol. The van der Waals surface area contributed by atoms with E-state index in [4.69, 9.17) is 0 Å². The van der Waals surface area contributed by atoms with Crippen molar-refractivity contribution >= 4 is 11.9 Å². The quantitative estimate of drug-likeness (QED) is 0.741. The van der Waals surface area contributed by atoms with Crippen LogP contribution >= 0.6 is 0 Å². The Kier molecular flexibility index (Phi) is 7.13. The lowest BCUT2D eigenvalue weighted by Gasteiger charge is -2.26. The van der Waals surface area contributed by atoms with Gasteiger partial charge in [0.1, 0.15) is 0 Å². The van der Waals surface area contributed by atoms with E-state index in [1.54, 1.807) is 0 Å². The molecule has 5 nitrogen and oxygen atoms in total. The first-order valence-electron chi connectivity index (χ1n) is 10.5. The molecule has 0 radical (unpaired) electrons. The molecule has 1 saturated heterocycles. The van der Waals surface area contributed by atoms with Crippen molar-refractivity contribution in [1.29, 1.82) is 0 Å². The van der Waals surface area contributed by atoms with Gasteiger partial charge >= 0.3 is 6.03 Å². The van der Waals surface area contributed by atoms with Crippen LogP contribution in [0.5, 0.6) is 0 Å². The first-order chi connectivity index (χ1) is 13.1. The lowest BCUT2D eigenvalue weighted by Crippen LogP contribution is -2.43. The minimum absolute atomic E-state index is 0.0895. The molecule has 3 amide bonds. The van der Waals surface area contributed by atoms with Crippen molar-refractivity contribution in [3.8, 4) is 0 Å². The smallest absolute Gasteiger partial charge is 0.315 e. The van der Waals surface area contributed by atoms with Crippen LogP contribution in [0.4, 0.5) is 4.79 Å². The van der Waals surface area contributed by atoms with Gasteiger partial charge in [0.2, 0.25) is 5.91 Å². The maximum absolute atomic E-state index is 12.7. The molecular weight excluding hydrogens is 338 g/mol. The highest BCUT2D eigenvalue weighted by molar-refractivity contribution is 5.77. The Balaban J connectivity index is 1.39. The summed E-state index contributed by atoms with van der Waals surface area (Å²) in [7, 11) is 0. The number of nitrogens with zero attached hydrogens (tertiary/aromatic N) is 1. The van der Waals surface area contributed by atoms with Gasteiger partial charge in [0.25, 0.3) is 0 Å². The van der Waals surface area contributed by atoms with E-state index in [-0.39, 0.29) is 18.0 Å². The van der Waals surface area contributed by atoms with Gasteiger partial charge in [-0.3, -0.25) is 4.79 Å². The number of urea groups is 1. The second kappa shape index (κ2) is 9.77. The molecule has 0 unspecified atom stereocenters. The highest BCUT2D eigenvalue weighted by Crippen LogP contribution is 2.34. The zero-order chi connectivity index (χ0) is 19.1. The average Bonchev–Trinajstić information content (AvgIpc) is 3.16.